The van der Waals surface area contributed by atoms with Crippen LogP contribution in [-0.2, 0) is 11.3 Å². The van der Waals surface area contributed by atoms with Gasteiger partial charge in [-0.1, -0.05) is 13.3 Å². The lowest BCUT2D eigenvalue weighted by atomic mass is 9.91. The quantitative estimate of drug-likeness (QED) is 0.876. The van der Waals surface area contributed by atoms with Crippen LogP contribution in [0.5, 0.6) is 0 Å². The Morgan fingerprint density at radius 1 is 1.48 bits per heavy atom. The van der Waals surface area contributed by atoms with Gasteiger partial charge in [0.2, 0.25) is 0 Å². The zero-order valence-corrected chi connectivity index (χ0v) is 13.0. The van der Waals surface area contributed by atoms with Crippen LogP contribution in [0.25, 0.3) is 0 Å². The van der Waals surface area contributed by atoms with E-state index in [2.05, 4.69) is 17.2 Å². The summed E-state index contributed by atoms with van der Waals surface area (Å²) in [5.41, 5.74) is 0.927. The molecule has 0 bridgehead atoms. The van der Waals surface area contributed by atoms with Crippen molar-refractivity contribution < 1.29 is 9.53 Å². The van der Waals surface area contributed by atoms with Gasteiger partial charge in [-0.3, -0.25) is 4.98 Å². The lowest BCUT2D eigenvalue weighted by molar-refractivity contribution is 0.0501. The van der Waals surface area contributed by atoms with E-state index in [1.807, 2.05) is 17.0 Å². The number of hydrogen-bond acceptors (Lipinski definition) is 3. The Labute approximate surface area is 126 Å². The maximum atomic E-state index is 12.5. The predicted octanol–water partition coefficient (Wildman–Crippen LogP) is 2.57. The number of nitrogens with one attached hydrogen (secondary N) is 1. The first-order valence-corrected chi connectivity index (χ1v) is 7.65. The number of carbonyl (C=O) groups excluding carboxylic acids is 1. The van der Waals surface area contributed by atoms with Gasteiger partial charge in [-0.25, -0.2) is 4.79 Å². The van der Waals surface area contributed by atoms with E-state index in [1.54, 1.807) is 19.5 Å². The summed E-state index contributed by atoms with van der Waals surface area (Å²) in [5, 5.41) is 3.02. The smallest absolute Gasteiger partial charge is 0.318 e. The van der Waals surface area contributed by atoms with Crippen molar-refractivity contribution in [2.45, 2.75) is 44.7 Å². The Hall–Kier alpha value is -1.62. The summed E-state index contributed by atoms with van der Waals surface area (Å²) < 4.78 is 5.39. The van der Waals surface area contributed by atoms with Crippen molar-refractivity contribution in [3.8, 4) is 0 Å². The molecule has 1 atom stereocenters. The van der Waals surface area contributed by atoms with E-state index >= 15 is 0 Å². The monoisotopic (exact) mass is 291 g/mol. The molecule has 1 aromatic rings. The minimum atomic E-state index is -0.133. The van der Waals surface area contributed by atoms with Crippen LogP contribution in [0.4, 0.5) is 4.79 Å². The molecule has 5 nitrogen and oxygen atoms in total. The molecule has 0 radical (unpaired) electrons. The van der Waals surface area contributed by atoms with Crippen molar-refractivity contribution in [2.24, 2.45) is 0 Å². The summed E-state index contributed by atoms with van der Waals surface area (Å²) in [6.45, 7) is 4.12. The van der Waals surface area contributed by atoms with Crippen molar-refractivity contribution in [1.82, 2.24) is 15.2 Å². The van der Waals surface area contributed by atoms with Gasteiger partial charge in [-0.2, -0.15) is 0 Å². The van der Waals surface area contributed by atoms with Crippen LogP contribution in [0.1, 0.15) is 38.2 Å². The Morgan fingerprint density at radius 3 is 2.90 bits per heavy atom. The molecule has 1 aromatic heterocycles. The Bertz CT molecular complexity index is 444. The van der Waals surface area contributed by atoms with E-state index in [9.17, 15) is 4.79 Å². The normalized spacial score (nSPS) is 21.5. The molecule has 0 saturated carbocycles. The van der Waals surface area contributed by atoms with Crippen LogP contribution in [0.2, 0.25) is 0 Å². The van der Waals surface area contributed by atoms with Gasteiger partial charge in [0.25, 0.3) is 0 Å². The number of rotatable bonds is 6. The van der Waals surface area contributed by atoms with Crippen LogP contribution < -0.4 is 5.32 Å². The third-order valence-electron chi connectivity index (χ3n) is 4.16. The molecular weight excluding hydrogens is 266 g/mol. The minimum Gasteiger partial charge on any atom is -0.382 e. The van der Waals surface area contributed by atoms with Crippen molar-refractivity contribution in [3.05, 3.63) is 30.1 Å². The van der Waals surface area contributed by atoms with E-state index < -0.39 is 0 Å². The highest BCUT2D eigenvalue weighted by Gasteiger charge is 2.42. The number of likely N-dealkylation sites (tertiary alicyclic amines) is 1. The number of aromatic nitrogens is 1. The molecule has 5 heteroatoms. The number of methoxy groups -OCH3 is 1. The molecule has 2 rings (SSSR count). The minimum absolute atomic E-state index is 0.00909. The highest BCUT2D eigenvalue weighted by Crippen LogP contribution is 2.34. The van der Waals surface area contributed by atoms with Crippen LogP contribution in [0, 0.1) is 0 Å². The fourth-order valence-electron chi connectivity index (χ4n) is 3.25. The molecule has 0 aliphatic carbocycles. The molecule has 1 saturated heterocycles. The number of carbonyl (C=O) groups is 1. The Balaban J connectivity index is 1.99. The maximum Gasteiger partial charge on any atom is 0.318 e. The Kier molecular flexibility index (Phi) is 5.56. The third-order valence-corrected chi connectivity index (χ3v) is 4.16. The van der Waals surface area contributed by atoms with E-state index in [0.717, 1.165) is 37.8 Å². The number of amides is 2. The first kappa shape index (κ1) is 15.8. The molecule has 0 aromatic carbocycles. The molecule has 0 spiro atoms. The zero-order chi connectivity index (χ0) is 15.1. The summed E-state index contributed by atoms with van der Waals surface area (Å²) in [6.07, 6.45) is 7.59. The lowest BCUT2D eigenvalue weighted by Crippen LogP contribution is -2.53. The standard InChI is InChI=1S/C16H25N3O2/c1-3-7-16(13-21-2)8-4-11-19(16)15(20)18-12-14-5-9-17-10-6-14/h5-6,9-10H,3-4,7-8,11-13H2,1-2H3,(H,18,20)/t16-/m1/s1. The fourth-order valence-corrected chi connectivity index (χ4v) is 3.25. The average molecular weight is 291 g/mol. The lowest BCUT2D eigenvalue weighted by Gasteiger charge is -2.38. The molecule has 2 amide bonds. The summed E-state index contributed by atoms with van der Waals surface area (Å²) in [4.78, 5) is 18.5. The first-order chi connectivity index (χ1) is 10.2. The van der Waals surface area contributed by atoms with E-state index in [1.165, 1.54) is 0 Å². The second kappa shape index (κ2) is 7.41. The fraction of sp³-hybridized carbons (Fsp3) is 0.625. The van der Waals surface area contributed by atoms with Crippen LogP contribution in [0.15, 0.2) is 24.5 Å². The molecule has 0 unspecified atom stereocenters. The van der Waals surface area contributed by atoms with Crippen molar-refractivity contribution in [3.63, 3.8) is 0 Å². The summed E-state index contributed by atoms with van der Waals surface area (Å²) in [5.74, 6) is 0. The van der Waals surface area contributed by atoms with E-state index in [4.69, 9.17) is 4.74 Å². The number of hydrogen-bond donors (Lipinski definition) is 1. The highest BCUT2D eigenvalue weighted by atomic mass is 16.5. The number of nitrogens with zero attached hydrogens (tertiary/aromatic N) is 2. The van der Waals surface area contributed by atoms with Crippen LogP contribution in [-0.4, -0.2) is 41.7 Å². The van der Waals surface area contributed by atoms with Gasteiger partial charge < -0.3 is 15.0 Å². The number of urea groups is 1. The SMILES string of the molecule is CCC[C@]1(COC)CCCN1C(=O)NCc1ccncc1. The van der Waals surface area contributed by atoms with Gasteiger partial charge in [-0.15, -0.1) is 0 Å². The predicted molar refractivity (Wildman–Crippen MR) is 81.9 cm³/mol. The molecule has 2 heterocycles. The van der Waals surface area contributed by atoms with Gasteiger partial charge in [0, 0.05) is 32.6 Å². The van der Waals surface area contributed by atoms with Crippen LogP contribution in [0.3, 0.4) is 0 Å². The molecular formula is C16H25N3O2. The highest BCUT2D eigenvalue weighted by molar-refractivity contribution is 5.75. The molecule has 21 heavy (non-hydrogen) atoms. The second-order valence-corrected chi connectivity index (χ2v) is 5.68. The van der Waals surface area contributed by atoms with Gasteiger partial charge in [0.05, 0.1) is 12.1 Å². The molecule has 1 N–H and O–H groups in total. The largest absolute Gasteiger partial charge is 0.382 e. The molecule has 1 fully saturated rings. The van der Waals surface area contributed by atoms with Crippen molar-refractivity contribution in [2.75, 3.05) is 20.3 Å². The summed E-state index contributed by atoms with van der Waals surface area (Å²) >= 11 is 0. The average Bonchev–Trinajstić information content (AvgIpc) is 2.90. The van der Waals surface area contributed by atoms with E-state index in [0.29, 0.717) is 13.2 Å². The first-order valence-electron chi connectivity index (χ1n) is 7.65. The topological polar surface area (TPSA) is 54.5 Å². The number of pyridine rings is 1. The van der Waals surface area contributed by atoms with Gasteiger partial charge in [0.1, 0.15) is 0 Å². The molecule has 116 valence electrons. The molecule has 1 aliphatic rings. The second-order valence-electron chi connectivity index (χ2n) is 5.68. The van der Waals surface area contributed by atoms with Gasteiger partial charge in [-0.05, 0) is 37.0 Å². The summed E-state index contributed by atoms with van der Waals surface area (Å²) in [7, 11) is 1.71. The van der Waals surface area contributed by atoms with E-state index in [-0.39, 0.29) is 11.6 Å². The molecule has 1 aliphatic heterocycles. The van der Waals surface area contributed by atoms with Crippen molar-refractivity contribution >= 4 is 6.03 Å². The maximum absolute atomic E-state index is 12.5. The zero-order valence-electron chi connectivity index (χ0n) is 13.0. The number of ether oxygens (including phenoxy) is 1. The third kappa shape index (κ3) is 3.73. The van der Waals surface area contributed by atoms with Gasteiger partial charge >= 0.3 is 6.03 Å². The van der Waals surface area contributed by atoms with Gasteiger partial charge in [0.15, 0.2) is 0 Å². The van der Waals surface area contributed by atoms with Crippen molar-refractivity contribution in [1.29, 1.82) is 0 Å². The van der Waals surface area contributed by atoms with Crippen LogP contribution >= 0.6 is 0 Å². The summed E-state index contributed by atoms with van der Waals surface area (Å²) in [6, 6.07) is 3.84. The Morgan fingerprint density at radius 2 is 2.24 bits per heavy atom.